The summed E-state index contributed by atoms with van der Waals surface area (Å²) >= 11 is 11.8. The molecule has 1 saturated heterocycles. The molecule has 1 aliphatic rings. The van der Waals surface area contributed by atoms with Gasteiger partial charge in [0.15, 0.2) is 0 Å². The highest BCUT2D eigenvalue weighted by atomic mass is 127. The van der Waals surface area contributed by atoms with Crippen LogP contribution in [0, 0.1) is 17.9 Å². The van der Waals surface area contributed by atoms with Gasteiger partial charge in [0.25, 0.3) is 0 Å². The van der Waals surface area contributed by atoms with E-state index in [0.29, 0.717) is 19.3 Å². The third kappa shape index (κ3) is 6.46. The number of nitrogen functional groups attached to an aromatic ring is 1. The summed E-state index contributed by atoms with van der Waals surface area (Å²) in [4.78, 5) is 0. The van der Waals surface area contributed by atoms with E-state index in [0.717, 1.165) is 48.1 Å². The number of hydrogen-bond acceptors (Lipinski definition) is 4. The number of rotatable bonds is 9. The van der Waals surface area contributed by atoms with Crippen LogP contribution in [0.5, 0.6) is 11.5 Å². The molecule has 0 spiro atoms. The quantitative estimate of drug-likeness (QED) is 0.102. The molecule has 1 fully saturated rings. The molecular formula is C26H24I5NO3. The third-order valence-electron chi connectivity index (χ3n) is 6.13. The summed E-state index contributed by atoms with van der Waals surface area (Å²) in [5, 5.41) is 0. The van der Waals surface area contributed by atoms with Crippen LogP contribution in [0.1, 0.15) is 37.0 Å². The van der Waals surface area contributed by atoms with Crippen LogP contribution in [0.2, 0.25) is 0 Å². The molecule has 0 radical (unpaired) electrons. The molecule has 1 aliphatic heterocycles. The summed E-state index contributed by atoms with van der Waals surface area (Å²) < 4.78 is 22.8. The Labute approximate surface area is 274 Å². The Kier molecular flexibility index (Phi) is 10.0. The number of benzene rings is 3. The molecule has 0 bridgehead atoms. The molecule has 2 unspecified atom stereocenters. The predicted octanol–water partition coefficient (Wildman–Crippen LogP) is 8.21. The first-order chi connectivity index (χ1) is 16.6. The topological polar surface area (TPSA) is 57.0 Å². The second kappa shape index (κ2) is 12.2. The van der Waals surface area contributed by atoms with E-state index in [1.807, 2.05) is 6.92 Å². The van der Waals surface area contributed by atoms with Crippen LogP contribution in [-0.2, 0) is 10.2 Å². The molecule has 4 rings (SSSR count). The van der Waals surface area contributed by atoms with Crippen molar-refractivity contribution in [3.63, 3.8) is 0 Å². The van der Waals surface area contributed by atoms with Gasteiger partial charge in [-0.05, 0) is 180 Å². The molecule has 2 atom stereocenters. The minimum absolute atomic E-state index is 0.366. The zero-order valence-corrected chi connectivity index (χ0v) is 29.9. The van der Waals surface area contributed by atoms with E-state index in [4.69, 9.17) is 19.9 Å². The fourth-order valence-corrected chi connectivity index (χ4v) is 8.49. The number of nitrogens with two attached hydrogens (primary N) is 1. The van der Waals surface area contributed by atoms with Crippen LogP contribution in [0.15, 0.2) is 42.5 Å². The minimum Gasteiger partial charge on any atom is -0.493 e. The van der Waals surface area contributed by atoms with Gasteiger partial charge >= 0.3 is 0 Å². The third-order valence-corrected chi connectivity index (χ3v) is 10.4. The maximum absolute atomic E-state index is 6.33. The normalized spacial score (nSPS) is 16.6. The van der Waals surface area contributed by atoms with Gasteiger partial charge in [0.1, 0.15) is 11.5 Å². The number of ether oxygens (including phenoxy) is 3. The zero-order chi connectivity index (χ0) is 25.3. The van der Waals surface area contributed by atoms with Crippen molar-refractivity contribution >= 4 is 119 Å². The summed E-state index contributed by atoms with van der Waals surface area (Å²) in [6, 6.07) is 15.4. The lowest BCUT2D eigenvalue weighted by molar-refractivity contribution is 0.280. The highest BCUT2D eigenvalue weighted by Crippen LogP contribution is 2.45. The lowest BCUT2D eigenvalue weighted by Gasteiger charge is -2.33. The Bertz CT molecular complexity index is 1200. The number of anilines is 1. The minimum atomic E-state index is -0.404. The average molecular weight is 1030 g/mol. The highest BCUT2D eigenvalue weighted by molar-refractivity contribution is 14.1. The summed E-state index contributed by atoms with van der Waals surface area (Å²) in [5.74, 6) is 1.86. The first-order valence-electron chi connectivity index (χ1n) is 11.1. The van der Waals surface area contributed by atoms with Gasteiger partial charge in [-0.15, -0.1) is 0 Å². The second-order valence-corrected chi connectivity index (χ2v) is 14.2. The maximum Gasteiger partial charge on any atom is 0.145 e. The lowest BCUT2D eigenvalue weighted by Crippen LogP contribution is -2.27. The van der Waals surface area contributed by atoms with E-state index in [-0.39, 0.29) is 0 Å². The molecule has 1 heterocycles. The fraction of sp³-hybridized carbons (Fsp3) is 0.308. The van der Waals surface area contributed by atoms with Crippen molar-refractivity contribution in [2.75, 3.05) is 25.6 Å². The molecule has 4 nitrogen and oxygen atoms in total. The van der Waals surface area contributed by atoms with E-state index in [1.165, 1.54) is 16.7 Å². The lowest BCUT2D eigenvalue weighted by atomic mass is 9.71. The Morgan fingerprint density at radius 3 is 1.91 bits per heavy atom. The molecule has 3 aromatic carbocycles. The van der Waals surface area contributed by atoms with E-state index in [9.17, 15) is 0 Å². The molecule has 35 heavy (non-hydrogen) atoms. The summed E-state index contributed by atoms with van der Waals surface area (Å²) in [7, 11) is 0. The van der Waals surface area contributed by atoms with Crippen LogP contribution in [0.4, 0.5) is 5.69 Å². The van der Waals surface area contributed by atoms with Crippen LogP contribution in [0.25, 0.3) is 0 Å². The van der Waals surface area contributed by atoms with Gasteiger partial charge in [-0.1, -0.05) is 6.07 Å². The van der Waals surface area contributed by atoms with Crippen molar-refractivity contribution < 1.29 is 14.2 Å². The van der Waals surface area contributed by atoms with Gasteiger partial charge in [0.05, 0.1) is 42.3 Å². The van der Waals surface area contributed by atoms with Crippen LogP contribution < -0.4 is 15.2 Å². The van der Waals surface area contributed by atoms with E-state index in [1.54, 1.807) is 0 Å². The number of halogens is 5. The highest BCUT2D eigenvalue weighted by Gasteiger charge is 2.34. The van der Waals surface area contributed by atoms with Crippen molar-refractivity contribution in [3.8, 4) is 11.5 Å². The Balaban J connectivity index is 1.84. The van der Waals surface area contributed by atoms with Crippen molar-refractivity contribution in [2.24, 2.45) is 0 Å². The van der Waals surface area contributed by atoms with E-state index in [2.05, 4.69) is 162 Å². The fourth-order valence-electron chi connectivity index (χ4n) is 3.97. The molecule has 0 aromatic heterocycles. The van der Waals surface area contributed by atoms with Crippen molar-refractivity contribution in [1.29, 1.82) is 0 Å². The SMILES string of the molecule is CCOc1ccc(C(C)(c2cc(I)c(N)c(I)c2)c2cc(I)c(OCCC3CO3)c(I)c2)cc1I. The van der Waals surface area contributed by atoms with Gasteiger partial charge in [-0.2, -0.15) is 0 Å². The summed E-state index contributed by atoms with van der Waals surface area (Å²) in [5.41, 5.74) is 10.4. The number of epoxide rings is 1. The van der Waals surface area contributed by atoms with Gasteiger partial charge in [0, 0.05) is 19.0 Å². The summed E-state index contributed by atoms with van der Waals surface area (Å²) in [6.07, 6.45) is 1.30. The first kappa shape index (κ1) is 28.7. The van der Waals surface area contributed by atoms with Crippen LogP contribution in [0.3, 0.4) is 0 Å². The van der Waals surface area contributed by atoms with Gasteiger partial charge in [0.2, 0.25) is 0 Å². The molecule has 3 aromatic rings. The molecule has 0 aliphatic carbocycles. The van der Waals surface area contributed by atoms with Crippen molar-refractivity contribution in [1.82, 2.24) is 0 Å². The Hall–Kier alpha value is 0.670. The molecule has 9 heteroatoms. The average Bonchev–Trinajstić information content (AvgIpc) is 3.64. The predicted molar refractivity (Wildman–Crippen MR) is 184 cm³/mol. The second-order valence-electron chi connectivity index (χ2n) is 8.42. The first-order valence-corrected chi connectivity index (χ1v) is 16.5. The Morgan fingerprint density at radius 1 is 0.857 bits per heavy atom. The zero-order valence-electron chi connectivity index (χ0n) is 19.1. The van der Waals surface area contributed by atoms with Crippen molar-refractivity contribution in [3.05, 3.63) is 77.0 Å². The van der Waals surface area contributed by atoms with E-state index >= 15 is 0 Å². The molecule has 0 amide bonds. The monoisotopic (exact) mass is 1030 g/mol. The van der Waals surface area contributed by atoms with Gasteiger partial charge in [-0.25, -0.2) is 0 Å². The van der Waals surface area contributed by atoms with Crippen LogP contribution in [-0.4, -0.2) is 25.9 Å². The maximum atomic E-state index is 6.33. The number of hydrogen-bond donors (Lipinski definition) is 1. The van der Waals surface area contributed by atoms with E-state index < -0.39 is 5.41 Å². The largest absolute Gasteiger partial charge is 0.493 e. The standard InChI is InChI=1S/C26H24I5NO3/c1-3-33-23-5-4-14(8-18(23)27)26(2,15-9-19(28)24(32)20(29)10-15)16-11-21(30)25(22(31)12-16)34-7-6-17-13-35-17/h4-5,8-12,17H,3,6-7,13,32H2,1-2H3. The Morgan fingerprint density at radius 2 is 1.40 bits per heavy atom. The van der Waals surface area contributed by atoms with Crippen LogP contribution >= 0.6 is 113 Å². The van der Waals surface area contributed by atoms with Gasteiger partial charge in [-0.3, -0.25) is 0 Å². The molecule has 186 valence electrons. The molecular weight excluding hydrogens is 1010 g/mol. The summed E-state index contributed by atoms with van der Waals surface area (Å²) in [6.45, 7) is 6.47. The molecule has 0 saturated carbocycles. The smallest absolute Gasteiger partial charge is 0.145 e. The van der Waals surface area contributed by atoms with Crippen molar-refractivity contribution in [2.45, 2.75) is 31.8 Å². The molecule has 2 N–H and O–H groups in total. The van der Waals surface area contributed by atoms with Gasteiger partial charge < -0.3 is 19.9 Å².